The van der Waals surface area contributed by atoms with Gasteiger partial charge < -0.3 is 18.9 Å². The number of hydrogen-bond donors (Lipinski definition) is 0. The van der Waals surface area contributed by atoms with Crippen LogP contribution < -0.4 is 23.7 Å². The highest BCUT2D eigenvalue weighted by molar-refractivity contribution is 7.07. The first-order chi connectivity index (χ1) is 17.5. The Morgan fingerprint density at radius 2 is 1.61 bits per heavy atom. The van der Waals surface area contributed by atoms with Crippen molar-refractivity contribution in [3.8, 4) is 34.3 Å². The number of fused-ring (bicyclic) bond motifs is 1. The van der Waals surface area contributed by atoms with Crippen LogP contribution in [-0.2, 0) is 0 Å². The van der Waals surface area contributed by atoms with Gasteiger partial charge >= 0.3 is 0 Å². The minimum Gasteiger partial charge on any atom is -0.497 e. The van der Waals surface area contributed by atoms with E-state index in [1.165, 1.54) is 11.3 Å². The van der Waals surface area contributed by atoms with Gasteiger partial charge in [0.1, 0.15) is 5.75 Å². The van der Waals surface area contributed by atoms with E-state index in [4.69, 9.17) is 24.0 Å². The van der Waals surface area contributed by atoms with Crippen molar-refractivity contribution in [2.45, 2.75) is 6.92 Å². The van der Waals surface area contributed by atoms with Crippen molar-refractivity contribution in [1.82, 2.24) is 4.68 Å². The first-order valence-corrected chi connectivity index (χ1v) is 12.2. The molecule has 0 amide bonds. The van der Waals surface area contributed by atoms with E-state index in [-0.39, 0.29) is 0 Å². The van der Waals surface area contributed by atoms with Crippen molar-refractivity contribution < 1.29 is 18.9 Å². The summed E-state index contributed by atoms with van der Waals surface area (Å²) in [6.07, 6.45) is 1.76. The summed E-state index contributed by atoms with van der Waals surface area (Å²) in [6.45, 7) is 6.27. The molecule has 0 aliphatic rings. The highest BCUT2D eigenvalue weighted by atomic mass is 32.1. The lowest BCUT2D eigenvalue weighted by Gasteiger charge is -2.14. The molecule has 0 radical (unpaired) electrons. The Kier molecular flexibility index (Phi) is 7.75. The zero-order valence-electron chi connectivity index (χ0n) is 21.1. The molecule has 0 unspecified atom stereocenters. The molecule has 4 rings (SSSR count). The van der Waals surface area contributed by atoms with Crippen molar-refractivity contribution >= 4 is 27.8 Å². The standard InChI is InChI=1S/C28H29N3O4S/c1-7-12-29-28-31(24(17-36-28)22-15-25(33-4)27(35-6)26(16-22)34-5)30-18(2)19-8-9-21-14-23(32-3)11-10-20(21)13-19/h7-11,13-17H,1,12H2,2-6H3. The Bertz CT molecular complexity index is 1480. The second-order valence-corrected chi connectivity index (χ2v) is 8.71. The van der Waals surface area contributed by atoms with Crippen LogP contribution in [0.1, 0.15) is 12.5 Å². The van der Waals surface area contributed by atoms with Crippen LogP contribution in [-0.4, -0.2) is 45.4 Å². The van der Waals surface area contributed by atoms with Crippen LogP contribution in [0.2, 0.25) is 0 Å². The maximum atomic E-state index is 5.57. The summed E-state index contributed by atoms with van der Waals surface area (Å²) in [5.41, 5.74) is 3.58. The summed E-state index contributed by atoms with van der Waals surface area (Å²) >= 11 is 1.51. The molecule has 0 bridgehead atoms. The molecule has 0 saturated heterocycles. The van der Waals surface area contributed by atoms with E-state index >= 15 is 0 Å². The van der Waals surface area contributed by atoms with Crippen LogP contribution in [0.15, 0.2) is 76.7 Å². The number of ether oxygens (including phenoxy) is 4. The fraction of sp³-hybridized carbons (Fsp3) is 0.214. The molecule has 0 spiro atoms. The second kappa shape index (κ2) is 11.1. The Hall–Kier alpha value is -4.04. The average molecular weight is 504 g/mol. The monoisotopic (exact) mass is 503 g/mol. The lowest BCUT2D eigenvalue weighted by atomic mass is 10.0. The molecule has 0 fully saturated rings. The molecule has 4 aromatic rings. The summed E-state index contributed by atoms with van der Waals surface area (Å²) in [7, 11) is 6.46. The van der Waals surface area contributed by atoms with Crippen molar-refractivity contribution in [2.75, 3.05) is 35.0 Å². The van der Waals surface area contributed by atoms with Crippen molar-refractivity contribution in [1.29, 1.82) is 0 Å². The van der Waals surface area contributed by atoms with Gasteiger partial charge in [-0.05, 0) is 53.6 Å². The van der Waals surface area contributed by atoms with E-state index in [2.05, 4.69) is 35.8 Å². The van der Waals surface area contributed by atoms with Crippen LogP contribution in [0.25, 0.3) is 22.0 Å². The van der Waals surface area contributed by atoms with Gasteiger partial charge in [0, 0.05) is 10.9 Å². The summed E-state index contributed by atoms with van der Waals surface area (Å²) in [5, 5.41) is 9.23. The van der Waals surface area contributed by atoms with Crippen LogP contribution in [0.3, 0.4) is 0 Å². The van der Waals surface area contributed by atoms with Crippen LogP contribution in [0.5, 0.6) is 23.0 Å². The predicted molar refractivity (Wildman–Crippen MR) is 146 cm³/mol. The molecular formula is C28H29N3O4S. The Morgan fingerprint density at radius 3 is 2.25 bits per heavy atom. The molecule has 36 heavy (non-hydrogen) atoms. The first kappa shape index (κ1) is 25.1. The number of nitrogens with zero attached hydrogens (tertiary/aromatic N) is 3. The van der Waals surface area contributed by atoms with Gasteiger partial charge in [-0.1, -0.05) is 24.3 Å². The van der Waals surface area contributed by atoms with Gasteiger partial charge in [-0.25, -0.2) is 4.68 Å². The highest BCUT2D eigenvalue weighted by Crippen LogP contribution is 2.41. The third-order valence-corrected chi connectivity index (χ3v) is 6.57. The van der Waals surface area contributed by atoms with Crippen molar-refractivity contribution in [3.63, 3.8) is 0 Å². The number of hydrogen-bond acceptors (Lipinski definition) is 7. The molecule has 0 atom stereocenters. The zero-order valence-corrected chi connectivity index (χ0v) is 21.9. The van der Waals surface area contributed by atoms with E-state index in [0.29, 0.717) is 23.8 Å². The van der Waals surface area contributed by atoms with Crippen LogP contribution in [0.4, 0.5) is 0 Å². The maximum Gasteiger partial charge on any atom is 0.206 e. The molecule has 0 N–H and O–H groups in total. The number of rotatable bonds is 9. The number of methoxy groups -OCH3 is 4. The molecule has 7 nitrogen and oxygen atoms in total. The molecule has 1 heterocycles. The van der Waals surface area contributed by atoms with Gasteiger partial charge in [0.2, 0.25) is 10.6 Å². The van der Waals surface area contributed by atoms with Gasteiger partial charge in [0.25, 0.3) is 0 Å². The van der Waals surface area contributed by atoms with Gasteiger partial charge in [0.05, 0.1) is 46.4 Å². The minimum atomic E-state index is 0.488. The molecule has 1 aromatic heterocycles. The van der Waals surface area contributed by atoms with Gasteiger partial charge in [-0.2, -0.15) is 5.10 Å². The molecule has 186 valence electrons. The number of aromatic nitrogens is 1. The van der Waals surface area contributed by atoms with Gasteiger partial charge in [-0.3, -0.25) is 4.99 Å². The fourth-order valence-corrected chi connectivity index (χ4v) is 4.70. The third kappa shape index (κ3) is 4.99. The number of thiazole rings is 1. The molecular weight excluding hydrogens is 474 g/mol. The quantitative estimate of drug-likeness (QED) is 0.215. The van der Waals surface area contributed by atoms with E-state index in [1.54, 1.807) is 34.5 Å². The van der Waals surface area contributed by atoms with Crippen molar-refractivity contribution in [2.24, 2.45) is 10.1 Å². The van der Waals surface area contributed by atoms with Gasteiger partial charge in [0.15, 0.2) is 11.5 Å². The van der Waals surface area contributed by atoms with Crippen molar-refractivity contribution in [3.05, 3.63) is 76.9 Å². The maximum absolute atomic E-state index is 5.57. The second-order valence-electron chi connectivity index (χ2n) is 7.87. The molecule has 8 heteroatoms. The van der Waals surface area contributed by atoms with E-state index in [0.717, 1.165) is 43.9 Å². The number of benzene rings is 3. The first-order valence-electron chi connectivity index (χ1n) is 11.3. The van der Waals surface area contributed by atoms with Crippen LogP contribution >= 0.6 is 11.3 Å². The third-order valence-electron chi connectivity index (χ3n) is 5.72. The molecule has 0 saturated carbocycles. The Morgan fingerprint density at radius 1 is 0.917 bits per heavy atom. The normalized spacial score (nSPS) is 12.0. The predicted octanol–water partition coefficient (Wildman–Crippen LogP) is 5.76. The lowest BCUT2D eigenvalue weighted by molar-refractivity contribution is 0.324. The smallest absolute Gasteiger partial charge is 0.206 e. The highest BCUT2D eigenvalue weighted by Gasteiger charge is 2.17. The Balaban J connectivity index is 1.86. The fourth-order valence-electron chi connectivity index (χ4n) is 3.86. The lowest BCUT2D eigenvalue weighted by Crippen LogP contribution is -2.14. The molecule has 0 aliphatic carbocycles. The molecule has 3 aromatic carbocycles. The largest absolute Gasteiger partial charge is 0.497 e. The summed E-state index contributed by atoms with van der Waals surface area (Å²) in [6, 6.07) is 16.1. The zero-order chi connectivity index (χ0) is 25.7. The average Bonchev–Trinajstić information content (AvgIpc) is 3.32. The summed E-state index contributed by atoms with van der Waals surface area (Å²) < 4.78 is 23.8. The van der Waals surface area contributed by atoms with E-state index < -0.39 is 0 Å². The Labute approximate surface area is 214 Å². The molecule has 0 aliphatic heterocycles. The van der Waals surface area contributed by atoms with E-state index in [9.17, 15) is 0 Å². The minimum absolute atomic E-state index is 0.488. The topological polar surface area (TPSA) is 66.6 Å². The summed E-state index contributed by atoms with van der Waals surface area (Å²) in [4.78, 5) is 5.41. The van der Waals surface area contributed by atoms with Gasteiger partial charge in [-0.15, -0.1) is 17.9 Å². The van der Waals surface area contributed by atoms with E-state index in [1.807, 2.05) is 41.2 Å². The SMILES string of the molecule is C=CCN=c1scc(-c2cc(OC)c(OC)c(OC)c2)n1N=C(C)c1ccc2cc(OC)ccc2c1. The van der Waals surface area contributed by atoms with Crippen LogP contribution in [0, 0.1) is 0 Å². The summed E-state index contributed by atoms with van der Waals surface area (Å²) in [5.74, 6) is 2.51.